The highest BCUT2D eigenvalue weighted by Crippen LogP contribution is 2.35. The van der Waals surface area contributed by atoms with Gasteiger partial charge in [-0.1, -0.05) is 31.5 Å². The fourth-order valence-electron chi connectivity index (χ4n) is 3.39. The number of nitrogens with zero attached hydrogens (tertiary/aromatic N) is 2. The molecule has 1 aliphatic heterocycles. The van der Waals surface area contributed by atoms with Crippen LogP contribution in [0.15, 0.2) is 24.3 Å². The van der Waals surface area contributed by atoms with Crippen LogP contribution in [0.2, 0.25) is 0 Å². The van der Waals surface area contributed by atoms with Crippen molar-refractivity contribution in [3.05, 3.63) is 35.4 Å². The molecule has 0 N–H and O–H groups in total. The summed E-state index contributed by atoms with van der Waals surface area (Å²) in [6.45, 7) is 6.07. The molecule has 0 aromatic heterocycles. The van der Waals surface area contributed by atoms with Crippen LogP contribution in [0.1, 0.15) is 48.5 Å². The Morgan fingerprint density at radius 2 is 1.90 bits per heavy atom. The number of hydrogen-bond donors (Lipinski definition) is 0. The summed E-state index contributed by atoms with van der Waals surface area (Å²) in [6, 6.07) is 8.47. The van der Waals surface area contributed by atoms with E-state index in [0.717, 1.165) is 31.5 Å². The molecule has 2 rings (SSSR count). The van der Waals surface area contributed by atoms with Gasteiger partial charge in [0.1, 0.15) is 0 Å². The van der Waals surface area contributed by atoms with Crippen LogP contribution >= 0.6 is 0 Å². The van der Waals surface area contributed by atoms with Crippen molar-refractivity contribution in [1.29, 1.82) is 0 Å². The molecule has 0 radical (unpaired) electrons. The molecule has 0 saturated heterocycles. The van der Waals surface area contributed by atoms with Crippen LogP contribution in [-0.4, -0.2) is 48.9 Å². The molecule has 1 aromatic carbocycles. The standard InChI is InChI=1S/C17H26N2O/c1-5-9-16-15(12-18(3)4)13-10-7-8-11-14(13)17(20)19(16)6-2/h7-8,10-11,15-16H,5-6,9,12H2,1-4H3/t15-,16+/m1/s1. The van der Waals surface area contributed by atoms with E-state index in [1.165, 1.54) is 5.56 Å². The minimum Gasteiger partial charge on any atom is -0.335 e. The minimum absolute atomic E-state index is 0.205. The second kappa shape index (κ2) is 6.40. The first-order valence-corrected chi connectivity index (χ1v) is 7.64. The van der Waals surface area contributed by atoms with Crippen molar-refractivity contribution in [2.24, 2.45) is 0 Å². The maximum Gasteiger partial charge on any atom is 0.254 e. The van der Waals surface area contributed by atoms with Gasteiger partial charge in [-0.25, -0.2) is 0 Å². The molecule has 3 nitrogen and oxygen atoms in total. The molecule has 1 heterocycles. The molecule has 1 amide bonds. The summed E-state index contributed by atoms with van der Waals surface area (Å²) in [4.78, 5) is 17.0. The van der Waals surface area contributed by atoms with E-state index in [1.54, 1.807) is 0 Å². The maximum absolute atomic E-state index is 12.7. The number of benzene rings is 1. The van der Waals surface area contributed by atoms with Crippen LogP contribution in [0.5, 0.6) is 0 Å². The van der Waals surface area contributed by atoms with E-state index in [-0.39, 0.29) is 5.91 Å². The molecule has 0 saturated carbocycles. The number of carbonyl (C=O) groups excluding carboxylic acids is 1. The first-order chi connectivity index (χ1) is 9.60. The summed E-state index contributed by atoms with van der Waals surface area (Å²) in [6.07, 6.45) is 2.19. The van der Waals surface area contributed by atoms with E-state index in [0.29, 0.717) is 12.0 Å². The van der Waals surface area contributed by atoms with Gasteiger partial charge in [-0.2, -0.15) is 0 Å². The first-order valence-electron chi connectivity index (χ1n) is 7.64. The fraction of sp³-hybridized carbons (Fsp3) is 0.588. The third-order valence-electron chi connectivity index (χ3n) is 4.20. The summed E-state index contributed by atoms with van der Waals surface area (Å²) in [7, 11) is 4.22. The monoisotopic (exact) mass is 274 g/mol. The molecule has 2 atom stereocenters. The van der Waals surface area contributed by atoms with Crippen molar-refractivity contribution < 1.29 is 4.79 Å². The average Bonchev–Trinajstić information content (AvgIpc) is 2.43. The highest BCUT2D eigenvalue weighted by atomic mass is 16.2. The zero-order valence-corrected chi connectivity index (χ0v) is 13.1. The Morgan fingerprint density at radius 1 is 1.20 bits per heavy atom. The number of carbonyl (C=O) groups is 1. The van der Waals surface area contributed by atoms with Crippen molar-refractivity contribution in [2.75, 3.05) is 27.2 Å². The van der Waals surface area contributed by atoms with Crippen LogP contribution < -0.4 is 0 Å². The zero-order valence-electron chi connectivity index (χ0n) is 13.1. The quantitative estimate of drug-likeness (QED) is 0.824. The zero-order chi connectivity index (χ0) is 14.7. The number of likely N-dealkylation sites (N-methyl/N-ethyl adjacent to an activating group) is 2. The van der Waals surface area contributed by atoms with Crippen LogP contribution in [-0.2, 0) is 0 Å². The molecule has 0 spiro atoms. The third kappa shape index (κ3) is 2.73. The van der Waals surface area contributed by atoms with Crippen LogP contribution in [0.4, 0.5) is 0 Å². The van der Waals surface area contributed by atoms with Gasteiger partial charge in [0.2, 0.25) is 0 Å². The van der Waals surface area contributed by atoms with Gasteiger partial charge in [0.25, 0.3) is 5.91 Å². The lowest BCUT2D eigenvalue weighted by Crippen LogP contribution is -2.50. The molecule has 0 unspecified atom stereocenters. The van der Waals surface area contributed by atoms with Gasteiger partial charge in [0.05, 0.1) is 0 Å². The molecular formula is C17H26N2O. The SMILES string of the molecule is CCC[C@H]1[C@H](CN(C)C)c2ccccc2C(=O)N1CC. The van der Waals surface area contributed by atoms with Gasteiger partial charge in [0, 0.05) is 30.6 Å². The van der Waals surface area contributed by atoms with E-state index in [4.69, 9.17) is 0 Å². The molecule has 20 heavy (non-hydrogen) atoms. The summed E-state index contributed by atoms with van der Waals surface area (Å²) in [5, 5.41) is 0. The molecule has 1 aliphatic rings. The average molecular weight is 274 g/mol. The Labute approximate surface area is 122 Å². The van der Waals surface area contributed by atoms with E-state index in [1.807, 2.05) is 12.1 Å². The topological polar surface area (TPSA) is 23.6 Å². The molecule has 0 bridgehead atoms. The Kier molecular flexibility index (Phi) is 4.81. The predicted molar refractivity (Wildman–Crippen MR) is 83.1 cm³/mol. The van der Waals surface area contributed by atoms with Crippen LogP contribution in [0.3, 0.4) is 0 Å². The van der Waals surface area contributed by atoms with Crippen molar-refractivity contribution in [3.63, 3.8) is 0 Å². The lowest BCUT2D eigenvalue weighted by molar-refractivity contribution is 0.0593. The van der Waals surface area contributed by atoms with Crippen molar-refractivity contribution in [2.45, 2.75) is 38.6 Å². The van der Waals surface area contributed by atoms with E-state index < -0.39 is 0 Å². The van der Waals surface area contributed by atoms with Gasteiger partial charge >= 0.3 is 0 Å². The fourth-order valence-corrected chi connectivity index (χ4v) is 3.39. The molecule has 110 valence electrons. The number of hydrogen-bond acceptors (Lipinski definition) is 2. The summed E-state index contributed by atoms with van der Waals surface area (Å²) in [5.41, 5.74) is 2.13. The predicted octanol–water partition coefficient (Wildman–Crippen LogP) is 2.98. The smallest absolute Gasteiger partial charge is 0.254 e. The lowest BCUT2D eigenvalue weighted by atomic mass is 9.80. The Bertz CT molecular complexity index is 470. The van der Waals surface area contributed by atoms with E-state index in [2.05, 4.69) is 49.9 Å². The third-order valence-corrected chi connectivity index (χ3v) is 4.20. The summed E-state index contributed by atoms with van der Waals surface area (Å²) in [5.74, 6) is 0.621. The molecule has 1 aromatic rings. The van der Waals surface area contributed by atoms with Gasteiger partial charge < -0.3 is 9.80 Å². The second-order valence-electron chi connectivity index (χ2n) is 5.90. The molecule has 0 aliphatic carbocycles. The van der Waals surface area contributed by atoms with E-state index >= 15 is 0 Å². The maximum atomic E-state index is 12.7. The molecule has 3 heteroatoms. The minimum atomic E-state index is 0.205. The molecular weight excluding hydrogens is 248 g/mol. The number of amides is 1. The number of rotatable bonds is 5. The Balaban J connectivity index is 2.47. The lowest BCUT2D eigenvalue weighted by Gasteiger charge is -2.43. The first kappa shape index (κ1) is 15.0. The highest BCUT2D eigenvalue weighted by Gasteiger charge is 2.38. The largest absolute Gasteiger partial charge is 0.335 e. The highest BCUT2D eigenvalue weighted by molar-refractivity contribution is 5.97. The van der Waals surface area contributed by atoms with Crippen LogP contribution in [0, 0.1) is 0 Å². The van der Waals surface area contributed by atoms with Crippen molar-refractivity contribution in [1.82, 2.24) is 9.80 Å². The van der Waals surface area contributed by atoms with E-state index in [9.17, 15) is 4.79 Å². The Hall–Kier alpha value is -1.35. The van der Waals surface area contributed by atoms with Crippen molar-refractivity contribution >= 4 is 5.91 Å². The Morgan fingerprint density at radius 3 is 2.50 bits per heavy atom. The summed E-state index contributed by atoms with van der Waals surface area (Å²) < 4.78 is 0. The number of fused-ring (bicyclic) bond motifs is 1. The van der Waals surface area contributed by atoms with Gasteiger partial charge in [-0.15, -0.1) is 0 Å². The normalized spacial score (nSPS) is 22.2. The second-order valence-corrected chi connectivity index (χ2v) is 5.90. The van der Waals surface area contributed by atoms with Gasteiger partial charge in [0.15, 0.2) is 0 Å². The van der Waals surface area contributed by atoms with Crippen molar-refractivity contribution in [3.8, 4) is 0 Å². The van der Waals surface area contributed by atoms with Gasteiger partial charge in [-0.05, 0) is 39.1 Å². The molecule has 0 fully saturated rings. The van der Waals surface area contributed by atoms with Gasteiger partial charge in [-0.3, -0.25) is 4.79 Å². The summed E-state index contributed by atoms with van der Waals surface area (Å²) >= 11 is 0. The van der Waals surface area contributed by atoms with Crippen LogP contribution in [0.25, 0.3) is 0 Å².